The first kappa shape index (κ1) is 21.8. The topological polar surface area (TPSA) is 82.1 Å². The molecule has 7 nitrogen and oxygen atoms in total. The van der Waals surface area contributed by atoms with Crippen LogP contribution in [0.2, 0.25) is 0 Å². The molecule has 2 unspecified atom stereocenters. The number of amides is 1. The van der Waals surface area contributed by atoms with Crippen LogP contribution in [0.5, 0.6) is 5.75 Å². The Labute approximate surface area is 183 Å². The molecule has 1 amide bonds. The van der Waals surface area contributed by atoms with Crippen LogP contribution in [0.4, 0.5) is 0 Å². The number of likely N-dealkylation sites (tertiary alicyclic amines) is 1. The lowest BCUT2D eigenvalue weighted by atomic mass is 10.0. The van der Waals surface area contributed by atoms with Crippen LogP contribution in [0, 0.1) is 0 Å². The molecule has 2 atom stereocenters. The largest absolute Gasteiger partial charge is 0.496 e. The number of halogens is 1. The van der Waals surface area contributed by atoms with Gasteiger partial charge in [0, 0.05) is 18.9 Å². The van der Waals surface area contributed by atoms with Crippen molar-refractivity contribution in [3.8, 4) is 5.75 Å². The molecule has 8 heteroatoms. The monoisotopic (exact) mass is 475 g/mol. The van der Waals surface area contributed by atoms with E-state index in [4.69, 9.17) is 14.2 Å². The fourth-order valence-corrected chi connectivity index (χ4v) is 4.02. The minimum absolute atomic E-state index is 0.219. The van der Waals surface area contributed by atoms with Crippen molar-refractivity contribution >= 4 is 33.8 Å². The Kier molecular flexibility index (Phi) is 6.77. The summed E-state index contributed by atoms with van der Waals surface area (Å²) in [6.07, 6.45) is -0.000515. The highest BCUT2D eigenvalue weighted by Gasteiger charge is 2.38. The van der Waals surface area contributed by atoms with Crippen LogP contribution in [-0.4, -0.2) is 49.6 Å². The molecule has 3 rings (SSSR count). The summed E-state index contributed by atoms with van der Waals surface area (Å²) in [6.45, 7) is 1.60. The highest BCUT2D eigenvalue weighted by Crippen LogP contribution is 2.36. The molecule has 30 heavy (non-hydrogen) atoms. The van der Waals surface area contributed by atoms with Gasteiger partial charge in [0.15, 0.2) is 0 Å². The molecule has 2 aromatic carbocycles. The van der Waals surface area contributed by atoms with Crippen LogP contribution in [0.15, 0.2) is 46.9 Å². The summed E-state index contributed by atoms with van der Waals surface area (Å²) in [7, 11) is 2.85. The predicted molar refractivity (Wildman–Crippen MR) is 112 cm³/mol. The van der Waals surface area contributed by atoms with Crippen LogP contribution in [0.1, 0.15) is 45.7 Å². The molecule has 0 spiro atoms. The lowest BCUT2D eigenvalue weighted by molar-refractivity contribution is -0.145. The molecule has 158 valence electrons. The fraction of sp³-hybridized carbons (Fsp3) is 0.318. The summed E-state index contributed by atoms with van der Waals surface area (Å²) in [4.78, 5) is 38.4. The smallest absolute Gasteiger partial charge is 0.337 e. The van der Waals surface area contributed by atoms with Gasteiger partial charge in [0.25, 0.3) is 5.91 Å². The van der Waals surface area contributed by atoms with Crippen LogP contribution in [-0.2, 0) is 14.3 Å². The molecule has 0 aromatic heterocycles. The summed E-state index contributed by atoms with van der Waals surface area (Å²) in [6, 6.07) is 11.7. The average Bonchev–Trinajstić information content (AvgIpc) is 3.16. The molecule has 0 saturated carbocycles. The Hall–Kier alpha value is -2.87. The molecule has 1 aliphatic heterocycles. The van der Waals surface area contributed by atoms with Crippen LogP contribution >= 0.6 is 15.9 Å². The number of carbonyl (C=O) groups is 3. The second-order valence-corrected chi connectivity index (χ2v) is 7.76. The van der Waals surface area contributed by atoms with Gasteiger partial charge in [-0.25, -0.2) is 4.79 Å². The second kappa shape index (κ2) is 9.30. The van der Waals surface area contributed by atoms with E-state index in [1.54, 1.807) is 41.3 Å². The van der Waals surface area contributed by atoms with Gasteiger partial charge < -0.3 is 19.1 Å². The van der Waals surface area contributed by atoms with E-state index in [9.17, 15) is 14.4 Å². The molecular formula is C22H22BrNO6. The van der Waals surface area contributed by atoms with E-state index in [2.05, 4.69) is 15.9 Å². The van der Waals surface area contributed by atoms with E-state index in [-0.39, 0.29) is 18.5 Å². The maximum absolute atomic E-state index is 13.3. The standard InChI is InChI=1S/C22H22BrNO6/c1-13(25)30-17-11-19(14-5-4-6-16(9-14)22(27)29-3)24(12-17)21(26)15-7-8-18(23)20(10-15)28-2/h4-10,17,19H,11-12H2,1-3H3. The minimum Gasteiger partial charge on any atom is -0.496 e. The van der Waals surface area contributed by atoms with Gasteiger partial charge in [0.1, 0.15) is 11.9 Å². The number of benzene rings is 2. The SMILES string of the molecule is COC(=O)c1cccc(C2CC(OC(C)=O)CN2C(=O)c2ccc(Br)c(OC)c2)c1. The van der Waals surface area contributed by atoms with Crippen molar-refractivity contribution in [3.05, 3.63) is 63.6 Å². The van der Waals surface area contributed by atoms with Gasteiger partial charge in [-0.1, -0.05) is 12.1 Å². The lowest BCUT2D eigenvalue weighted by Crippen LogP contribution is -2.32. The first-order valence-corrected chi connectivity index (χ1v) is 10.1. The Bertz CT molecular complexity index is 976. The Morgan fingerprint density at radius 2 is 1.83 bits per heavy atom. The van der Waals surface area contributed by atoms with Gasteiger partial charge in [0.2, 0.25) is 0 Å². The van der Waals surface area contributed by atoms with Crippen LogP contribution in [0.3, 0.4) is 0 Å². The van der Waals surface area contributed by atoms with Crippen molar-refractivity contribution < 1.29 is 28.6 Å². The van der Waals surface area contributed by atoms with Gasteiger partial charge in [-0.3, -0.25) is 9.59 Å². The summed E-state index contributed by atoms with van der Waals surface area (Å²) < 4.78 is 16.2. The summed E-state index contributed by atoms with van der Waals surface area (Å²) in [5.41, 5.74) is 1.61. The Morgan fingerprint density at radius 1 is 1.07 bits per heavy atom. The van der Waals surface area contributed by atoms with Crippen molar-refractivity contribution in [1.29, 1.82) is 0 Å². The van der Waals surface area contributed by atoms with E-state index in [0.29, 0.717) is 23.3 Å². The van der Waals surface area contributed by atoms with Gasteiger partial charge in [-0.05, 0) is 51.8 Å². The first-order valence-electron chi connectivity index (χ1n) is 9.34. The molecule has 1 heterocycles. The highest BCUT2D eigenvalue weighted by molar-refractivity contribution is 9.10. The molecule has 2 aromatic rings. The maximum atomic E-state index is 13.3. The number of rotatable bonds is 5. The number of nitrogens with zero attached hydrogens (tertiary/aromatic N) is 1. The van der Waals surface area contributed by atoms with E-state index < -0.39 is 18.0 Å². The number of esters is 2. The molecule has 1 fully saturated rings. The molecule has 1 aliphatic rings. The number of hydrogen-bond acceptors (Lipinski definition) is 6. The van der Waals surface area contributed by atoms with E-state index >= 15 is 0 Å². The Morgan fingerprint density at radius 3 is 2.50 bits per heavy atom. The summed E-state index contributed by atoms with van der Waals surface area (Å²) in [5.74, 6) is -0.534. The zero-order valence-corrected chi connectivity index (χ0v) is 18.5. The highest BCUT2D eigenvalue weighted by atomic mass is 79.9. The number of hydrogen-bond donors (Lipinski definition) is 0. The zero-order valence-electron chi connectivity index (χ0n) is 16.9. The molecule has 0 radical (unpaired) electrons. The molecule has 0 bridgehead atoms. The first-order chi connectivity index (χ1) is 14.3. The van der Waals surface area contributed by atoms with E-state index in [0.717, 1.165) is 10.0 Å². The number of carbonyl (C=O) groups excluding carboxylic acids is 3. The van der Waals surface area contributed by atoms with Crippen molar-refractivity contribution in [2.45, 2.75) is 25.5 Å². The molecule has 1 saturated heterocycles. The third-order valence-corrected chi connectivity index (χ3v) is 5.60. The maximum Gasteiger partial charge on any atom is 0.337 e. The molecular weight excluding hydrogens is 454 g/mol. The van der Waals surface area contributed by atoms with Gasteiger partial charge in [-0.15, -0.1) is 0 Å². The van der Waals surface area contributed by atoms with Crippen LogP contribution in [0.25, 0.3) is 0 Å². The second-order valence-electron chi connectivity index (χ2n) is 6.91. The quantitative estimate of drug-likeness (QED) is 0.612. The normalized spacial score (nSPS) is 18.1. The van der Waals surface area contributed by atoms with Crippen molar-refractivity contribution in [2.24, 2.45) is 0 Å². The summed E-state index contributed by atoms with van der Waals surface area (Å²) in [5, 5.41) is 0. The zero-order chi connectivity index (χ0) is 21.8. The van der Waals surface area contributed by atoms with Crippen molar-refractivity contribution in [2.75, 3.05) is 20.8 Å². The average molecular weight is 476 g/mol. The van der Waals surface area contributed by atoms with E-state index in [1.165, 1.54) is 21.1 Å². The fourth-order valence-electron chi connectivity index (χ4n) is 3.61. The number of methoxy groups -OCH3 is 2. The third kappa shape index (κ3) is 4.64. The van der Waals surface area contributed by atoms with Gasteiger partial charge in [0.05, 0.1) is 36.8 Å². The molecule has 0 aliphatic carbocycles. The predicted octanol–water partition coefficient (Wildman–Crippen LogP) is 3.76. The van der Waals surface area contributed by atoms with Gasteiger partial charge >= 0.3 is 11.9 Å². The van der Waals surface area contributed by atoms with Crippen LogP contribution < -0.4 is 4.74 Å². The Balaban J connectivity index is 1.96. The van der Waals surface area contributed by atoms with Gasteiger partial charge in [-0.2, -0.15) is 0 Å². The van der Waals surface area contributed by atoms with Crippen molar-refractivity contribution in [1.82, 2.24) is 4.90 Å². The lowest BCUT2D eigenvalue weighted by Gasteiger charge is -2.25. The number of ether oxygens (including phenoxy) is 3. The third-order valence-electron chi connectivity index (χ3n) is 4.95. The van der Waals surface area contributed by atoms with E-state index in [1.807, 2.05) is 6.07 Å². The molecule has 0 N–H and O–H groups in total. The summed E-state index contributed by atoms with van der Waals surface area (Å²) >= 11 is 3.39. The van der Waals surface area contributed by atoms with Crippen molar-refractivity contribution in [3.63, 3.8) is 0 Å². The minimum atomic E-state index is -0.457.